The van der Waals surface area contributed by atoms with Gasteiger partial charge in [0, 0.05) is 17.6 Å². The van der Waals surface area contributed by atoms with E-state index in [0.29, 0.717) is 22.0 Å². The Kier molecular flexibility index (Phi) is 4.77. The minimum Gasteiger partial charge on any atom is -0.439 e. The number of pyridine rings is 1. The van der Waals surface area contributed by atoms with E-state index in [2.05, 4.69) is 20.9 Å². The zero-order valence-electron chi connectivity index (χ0n) is 10.3. The summed E-state index contributed by atoms with van der Waals surface area (Å²) in [6.07, 6.45) is 0.800. The summed E-state index contributed by atoms with van der Waals surface area (Å²) in [5, 5.41) is 0. The summed E-state index contributed by atoms with van der Waals surface area (Å²) < 4.78 is 19.1. The maximum absolute atomic E-state index is 13.1. The third-order valence-electron chi connectivity index (χ3n) is 2.54. The minimum atomic E-state index is -0.330. The number of nitrogens with zero attached hydrogens (tertiary/aromatic N) is 1. The van der Waals surface area contributed by atoms with Crippen LogP contribution in [0.5, 0.6) is 11.6 Å². The van der Waals surface area contributed by atoms with E-state index in [0.717, 1.165) is 17.7 Å². The molecular weight excluding hydrogens is 333 g/mol. The van der Waals surface area contributed by atoms with Gasteiger partial charge in [0.15, 0.2) is 0 Å². The standard InChI is InChI=1S/C14H12BrClFNO/c1-2-10-5-9(8-16)6-14(18-10)19-11-3-4-13(17)12(15)7-11/h3-7H,2,8H2,1H3. The molecule has 100 valence electrons. The quantitative estimate of drug-likeness (QED) is 0.722. The van der Waals surface area contributed by atoms with Crippen LogP contribution >= 0.6 is 27.5 Å². The number of aryl methyl sites for hydroxylation is 1. The van der Waals surface area contributed by atoms with Gasteiger partial charge in [-0.1, -0.05) is 6.92 Å². The van der Waals surface area contributed by atoms with E-state index < -0.39 is 0 Å². The Balaban J connectivity index is 2.29. The lowest BCUT2D eigenvalue weighted by atomic mass is 10.2. The van der Waals surface area contributed by atoms with Gasteiger partial charge in [0.05, 0.1) is 4.47 Å². The second-order valence-electron chi connectivity index (χ2n) is 3.97. The molecule has 0 unspecified atom stereocenters. The third-order valence-corrected chi connectivity index (χ3v) is 3.46. The molecule has 2 rings (SSSR count). The lowest BCUT2D eigenvalue weighted by Crippen LogP contribution is -1.95. The number of hydrogen-bond donors (Lipinski definition) is 0. The Morgan fingerprint density at radius 1 is 1.32 bits per heavy atom. The normalized spacial score (nSPS) is 10.5. The van der Waals surface area contributed by atoms with Crippen LogP contribution in [0.1, 0.15) is 18.2 Å². The van der Waals surface area contributed by atoms with Crippen molar-refractivity contribution in [3.63, 3.8) is 0 Å². The molecule has 1 aromatic heterocycles. The topological polar surface area (TPSA) is 22.1 Å². The lowest BCUT2D eigenvalue weighted by molar-refractivity contribution is 0.458. The number of alkyl halides is 1. The van der Waals surface area contributed by atoms with Crippen LogP contribution in [-0.2, 0) is 12.3 Å². The molecule has 2 aromatic rings. The van der Waals surface area contributed by atoms with Gasteiger partial charge in [-0.3, -0.25) is 0 Å². The monoisotopic (exact) mass is 343 g/mol. The predicted octanol–water partition coefficient (Wildman–Crippen LogP) is 5.08. The van der Waals surface area contributed by atoms with E-state index in [1.54, 1.807) is 18.2 Å². The third kappa shape index (κ3) is 3.67. The first-order chi connectivity index (χ1) is 9.12. The molecule has 0 amide bonds. The van der Waals surface area contributed by atoms with Crippen LogP contribution in [0.2, 0.25) is 0 Å². The maximum atomic E-state index is 13.1. The Morgan fingerprint density at radius 2 is 2.11 bits per heavy atom. The van der Waals surface area contributed by atoms with Gasteiger partial charge in [-0.15, -0.1) is 11.6 Å². The average Bonchev–Trinajstić information content (AvgIpc) is 2.42. The molecule has 1 heterocycles. The molecule has 0 aliphatic rings. The van der Waals surface area contributed by atoms with Crippen LogP contribution < -0.4 is 4.74 Å². The Labute approximate surface area is 124 Å². The van der Waals surface area contributed by atoms with Gasteiger partial charge in [0.25, 0.3) is 0 Å². The van der Waals surface area contributed by atoms with Crippen molar-refractivity contribution < 1.29 is 9.13 Å². The van der Waals surface area contributed by atoms with Crippen molar-refractivity contribution in [2.75, 3.05) is 0 Å². The van der Waals surface area contributed by atoms with Crippen molar-refractivity contribution in [3.8, 4) is 11.6 Å². The average molecular weight is 345 g/mol. The van der Waals surface area contributed by atoms with E-state index in [1.165, 1.54) is 6.07 Å². The van der Waals surface area contributed by atoms with E-state index >= 15 is 0 Å². The highest BCUT2D eigenvalue weighted by molar-refractivity contribution is 9.10. The fourth-order valence-corrected chi connectivity index (χ4v) is 2.10. The van der Waals surface area contributed by atoms with Crippen LogP contribution in [0.15, 0.2) is 34.8 Å². The van der Waals surface area contributed by atoms with Crippen molar-refractivity contribution in [2.45, 2.75) is 19.2 Å². The van der Waals surface area contributed by atoms with Crippen molar-refractivity contribution in [2.24, 2.45) is 0 Å². The number of hydrogen-bond acceptors (Lipinski definition) is 2. The summed E-state index contributed by atoms with van der Waals surface area (Å²) in [5.74, 6) is 1.06. The molecular formula is C14H12BrClFNO. The number of ether oxygens (including phenoxy) is 1. The van der Waals surface area contributed by atoms with Gasteiger partial charge in [-0.2, -0.15) is 0 Å². The molecule has 0 bridgehead atoms. The molecule has 0 saturated carbocycles. The maximum Gasteiger partial charge on any atom is 0.219 e. The molecule has 0 saturated heterocycles. The van der Waals surface area contributed by atoms with Gasteiger partial charge in [0.2, 0.25) is 5.88 Å². The zero-order valence-corrected chi connectivity index (χ0v) is 12.6. The van der Waals surface area contributed by atoms with Crippen LogP contribution in [0.25, 0.3) is 0 Å². The molecule has 0 radical (unpaired) electrons. The number of halogens is 3. The van der Waals surface area contributed by atoms with Crippen LogP contribution in [0.4, 0.5) is 4.39 Å². The van der Waals surface area contributed by atoms with Crippen molar-refractivity contribution in [3.05, 3.63) is 51.9 Å². The van der Waals surface area contributed by atoms with Crippen molar-refractivity contribution >= 4 is 27.5 Å². The number of benzene rings is 1. The first kappa shape index (κ1) is 14.3. The van der Waals surface area contributed by atoms with Gasteiger partial charge < -0.3 is 4.74 Å². The van der Waals surface area contributed by atoms with E-state index in [9.17, 15) is 4.39 Å². The highest BCUT2D eigenvalue weighted by Gasteiger charge is 2.06. The predicted molar refractivity (Wildman–Crippen MR) is 77.3 cm³/mol. The summed E-state index contributed by atoms with van der Waals surface area (Å²) in [5.41, 5.74) is 1.86. The van der Waals surface area contributed by atoms with Gasteiger partial charge in [-0.05, 0) is 52.2 Å². The summed E-state index contributed by atoms with van der Waals surface area (Å²) in [6.45, 7) is 2.01. The molecule has 0 N–H and O–H groups in total. The highest BCUT2D eigenvalue weighted by Crippen LogP contribution is 2.26. The Hall–Kier alpha value is -1.13. The fraction of sp³-hybridized carbons (Fsp3) is 0.214. The molecule has 2 nitrogen and oxygen atoms in total. The fourth-order valence-electron chi connectivity index (χ4n) is 1.59. The summed E-state index contributed by atoms with van der Waals surface area (Å²) in [6, 6.07) is 8.19. The molecule has 19 heavy (non-hydrogen) atoms. The van der Waals surface area contributed by atoms with E-state index in [-0.39, 0.29) is 5.82 Å². The molecule has 5 heteroatoms. The molecule has 0 fully saturated rings. The zero-order chi connectivity index (χ0) is 13.8. The Morgan fingerprint density at radius 3 is 2.74 bits per heavy atom. The van der Waals surface area contributed by atoms with Crippen molar-refractivity contribution in [1.29, 1.82) is 0 Å². The van der Waals surface area contributed by atoms with E-state index in [1.807, 2.05) is 13.0 Å². The van der Waals surface area contributed by atoms with Gasteiger partial charge >= 0.3 is 0 Å². The minimum absolute atomic E-state index is 0.330. The molecule has 0 spiro atoms. The largest absolute Gasteiger partial charge is 0.439 e. The summed E-state index contributed by atoms with van der Waals surface area (Å²) in [4.78, 5) is 4.36. The van der Waals surface area contributed by atoms with Crippen LogP contribution in [-0.4, -0.2) is 4.98 Å². The van der Waals surface area contributed by atoms with E-state index in [4.69, 9.17) is 16.3 Å². The number of aromatic nitrogens is 1. The molecule has 1 aromatic carbocycles. The molecule has 0 atom stereocenters. The first-order valence-corrected chi connectivity index (χ1v) is 7.14. The Bertz CT molecular complexity index is 569. The summed E-state index contributed by atoms with van der Waals surface area (Å²) in [7, 11) is 0. The SMILES string of the molecule is CCc1cc(CCl)cc(Oc2ccc(F)c(Br)c2)n1. The second-order valence-corrected chi connectivity index (χ2v) is 5.09. The van der Waals surface area contributed by atoms with Gasteiger partial charge in [-0.25, -0.2) is 9.37 Å². The van der Waals surface area contributed by atoms with Crippen molar-refractivity contribution in [1.82, 2.24) is 4.98 Å². The second kappa shape index (κ2) is 6.35. The number of rotatable bonds is 4. The molecule has 0 aliphatic heterocycles. The van der Waals surface area contributed by atoms with Crippen LogP contribution in [0.3, 0.4) is 0 Å². The van der Waals surface area contributed by atoms with Crippen LogP contribution in [0, 0.1) is 5.82 Å². The van der Waals surface area contributed by atoms with Gasteiger partial charge in [0.1, 0.15) is 11.6 Å². The summed E-state index contributed by atoms with van der Waals surface area (Å²) >= 11 is 8.96. The highest BCUT2D eigenvalue weighted by atomic mass is 79.9. The smallest absolute Gasteiger partial charge is 0.219 e. The molecule has 0 aliphatic carbocycles. The first-order valence-electron chi connectivity index (χ1n) is 5.81. The lowest BCUT2D eigenvalue weighted by Gasteiger charge is -2.08.